The summed E-state index contributed by atoms with van der Waals surface area (Å²) in [6, 6.07) is 16.6. The average Bonchev–Trinajstić information content (AvgIpc) is 3.24. The maximum Gasteiger partial charge on any atom is 0.303 e. The minimum absolute atomic E-state index is 0.0718. The van der Waals surface area contributed by atoms with Crippen LogP contribution in [0.15, 0.2) is 59.7 Å². The van der Waals surface area contributed by atoms with Gasteiger partial charge in [-0.25, -0.2) is 9.99 Å². The summed E-state index contributed by atoms with van der Waals surface area (Å²) in [6.45, 7) is 0. The number of carboxylic acids is 1. The third kappa shape index (κ3) is 4.57. The first-order valence-corrected chi connectivity index (χ1v) is 10.6. The number of rotatable bonds is 7. The highest BCUT2D eigenvalue weighted by Crippen LogP contribution is 2.38. The van der Waals surface area contributed by atoms with Gasteiger partial charge in [0.05, 0.1) is 24.4 Å². The van der Waals surface area contributed by atoms with Gasteiger partial charge in [0.25, 0.3) is 0 Å². The van der Waals surface area contributed by atoms with E-state index in [-0.39, 0.29) is 25.2 Å². The van der Waals surface area contributed by atoms with Gasteiger partial charge in [-0.3, -0.25) is 9.59 Å². The van der Waals surface area contributed by atoms with Crippen molar-refractivity contribution in [2.75, 3.05) is 7.11 Å². The van der Waals surface area contributed by atoms with Crippen molar-refractivity contribution in [2.24, 2.45) is 5.10 Å². The van der Waals surface area contributed by atoms with Gasteiger partial charge in [0, 0.05) is 30.2 Å². The van der Waals surface area contributed by atoms with Crippen molar-refractivity contribution in [1.82, 2.24) is 9.99 Å². The molecule has 1 aromatic heterocycles. The number of carboxylic acid groups (broad SMARTS) is 1. The summed E-state index contributed by atoms with van der Waals surface area (Å²) in [5, 5.41) is 16.1. The minimum atomic E-state index is -0.931. The van der Waals surface area contributed by atoms with Crippen molar-refractivity contribution in [1.29, 1.82) is 0 Å². The molecule has 0 spiro atoms. The van der Waals surface area contributed by atoms with Crippen LogP contribution < -0.4 is 4.74 Å². The third-order valence-corrected chi connectivity index (χ3v) is 5.72. The van der Waals surface area contributed by atoms with Crippen LogP contribution >= 0.6 is 11.6 Å². The molecule has 2 aromatic carbocycles. The lowest BCUT2D eigenvalue weighted by Crippen LogP contribution is -2.27. The van der Waals surface area contributed by atoms with E-state index in [1.807, 2.05) is 54.6 Å². The van der Waals surface area contributed by atoms with Crippen molar-refractivity contribution in [3.8, 4) is 5.75 Å². The number of hydrogen-bond acceptors (Lipinski definition) is 5. The molecule has 164 valence electrons. The molecule has 1 aliphatic heterocycles. The quantitative estimate of drug-likeness (QED) is 0.519. The lowest BCUT2D eigenvalue weighted by molar-refractivity contribution is -0.137. The Kier molecular flexibility index (Phi) is 6.37. The Morgan fingerprint density at radius 2 is 1.94 bits per heavy atom. The Balaban J connectivity index is 1.71. The molecule has 0 unspecified atom stereocenters. The zero-order valence-electron chi connectivity index (χ0n) is 17.5. The number of aromatic nitrogens is 1. The number of carbonyl (C=O) groups excluding carboxylic acids is 1. The van der Waals surface area contributed by atoms with E-state index in [0.29, 0.717) is 22.9 Å². The van der Waals surface area contributed by atoms with Crippen LogP contribution in [-0.2, 0) is 9.59 Å². The average molecular weight is 452 g/mol. The van der Waals surface area contributed by atoms with Crippen LogP contribution in [-0.4, -0.2) is 39.8 Å². The smallest absolute Gasteiger partial charge is 0.303 e. The zero-order valence-corrected chi connectivity index (χ0v) is 18.2. The van der Waals surface area contributed by atoms with E-state index in [2.05, 4.69) is 10.1 Å². The highest BCUT2D eigenvalue weighted by Gasteiger charge is 2.34. The molecule has 3 aromatic rings. The first-order valence-electron chi connectivity index (χ1n) is 10.3. The van der Waals surface area contributed by atoms with E-state index < -0.39 is 12.0 Å². The van der Waals surface area contributed by atoms with Gasteiger partial charge < -0.3 is 9.84 Å². The summed E-state index contributed by atoms with van der Waals surface area (Å²) >= 11 is 6.56. The molecule has 0 radical (unpaired) electrons. The Hall–Kier alpha value is -3.45. The van der Waals surface area contributed by atoms with Crippen molar-refractivity contribution in [3.63, 3.8) is 0 Å². The first kappa shape index (κ1) is 21.8. The van der Waals surface area contributed by atoms with E-state index in [0.717, 1.165) is 22.2 Å². The van der Waals surface area contributed by atoms with Crippen molar-refractivity contribution < 1.29 is 19.4 Å². The molecule has 0 aliphatic carbocycles. The molecule has 4 rings (SSSR count). The Bertz CT molecular complexity index is 1200. The summed E-state index contributed by atoms with van der Waals surface area (Å²) in [6.07, 6.45) is 0.735. The number of methoxy groups -OCH3 is 1. The van der Waals surface area contributed by atoms with Crippen molar-refractivity contribution in [3.05, 3.63) is 70.9 Å². The number of nitrogens with zero attached hydrogens (tertiary/aromatic N) is 3. The van der Waals surface area contributed by atoms with Crippen LogP contribution in [0.3, 0.4) is 0 Å². The maximum absolute atomic E-state index is 13.0. The summed E-state index contributed by atoms with van der Waals surface area (Å²) in [5.41, 5.74) is 3.10. The molecule has 0 bridgehead atoms. The van der Waals surface area contributed by atoms with Gasteiger partial charge >= 0.3 is 5.97 Å². The van der Waals surface area contributed by atoms with Gasteiger partial charge in [0.2, 0.25) is 5.91 Å². The van der Waals surface area contributed by atoms with Crippen LogP contribution in [0.4, 0.5) is 0 Å². The second-order valence-corrected chi connectivity index (χ2v) is 7.90. The van der Waals surface area contributed by atoms with E-state index in [9.17, 15) is 9.59 Å². The molecule has 32 heavy (non-hydrogen) atoms. The second-order valence-electron chi connectivity index (χ2n) is 7.55. The lowest BCUT2D eigenvalue weighted by atomic mass is 9.98. The number of aliphatic carboxylic acids is 1. The number of benzene rings is 2. The molecular formula is C24H22ClN3O4. The Morgan fingerprint density at radius 1 is 1.16 bits per heavy atom. The molecular weight excluding hydrogens is 430 g/mol. The van der Waals surface area contributed by atoms with Gasteiger partial charge in [-0.15, -0.1) is 0 Å². The molecule has 1 N–H and O–H groups in total. The van der Waals surface area contributed by atoms with Crippen LogP contribution in [0, 0.1) is 0 Å². The van der Waals surface area contributed by atoms with Gasteiger partial charge in [0.1, 0.15) is 10.9 Å². The van der Waals surface area contributed by atoms with Gasteiger partial charge in [0.15, 0.2) is 0 Å². The first-order chi connectivity index (χ1) is 15.5. The van der Waals surface area contributed by atoms with Crippen LogP contribution in [0.25, 0.3) is 10.9 Å². The minimum Gasteiger partial charge on any atom is -0.497 e. The number of amides is 1. The SMILES string of the molecule is COc1ccc2nc(Cl)c([C@H]3CC(c4ccccc4)=NN3C(=O)CCCC(=O)O)cc2c1. The standard InChI is InChI=1S/C24H22ClN3O4/c1-32-17-10-11-19-16(12-17)13-18(24(25)26-19)21-14-20(15-6-3-2-4-7-15)27-28(21)22(29)8-5-9-23(30)31/h2-4,6-7,10-13,21H,5,8-9,14H2,1H3,(H,30,31)/t21-/m1/s1. The van der Waals surface area contributed by atoms with Crippen LogP contribution in [0.1, 0.15) is 42.9 Å². The third-order valence-electron chi connectivity index (χ3n) is 5.42. The number of hydrogen-bond donors (Lipinski definition) is 1. The summed E-state index contributed by atoms with van der Waals surface area (Å²) in [4.78, 5) is 28.4. The Labute approximate surface area is 190 Å². The molecule has 0 saturated carbocycles. The van der Waals surface area contributed by atoms with E-state index in [4.69, 9.17) is 21.4 Å². The predicted octanol–water partition coefficient (Wildman–Crippen LogP) is 4.83. The molecule has 1 amide bonds. The highest BCUT2D eigenvalue weighted by atomic mass is 35.5. The molecule has 1 aliphatic rings. The summed E-state index contributed by atoms with van der Waals surface area (Å²) < 4.78 is 5.32. The molecule has 2 heterocycles. The van der Waals surface area contributed by atoms with E-state index in [1.165, 1.54) is 5.01 Å². The number of fused-ring (bicyclic) bond motifs is 1. The number of hydrazone groups is 1. The van der Waals surface area contributed by atoms with Gasteiger partial charge in [-0.2, -0.15) is 5.10 Å². The monoisotopic (exact) mass is 451 g/mol. The fourth-order valence-corrected chi connectivity index (χ4v) is 4.07. The Morgan fingerprint density at radius 3 is 2.66 bits per heavy atom. The number of halogens is 1. The van der Waals surface area contributed by atoms with E-state index >= 15 is 0 Å². The largest absolute Gasteiger partial charge is 0.497 e. The molecule has 0 fully saturated rings. The summed E-state index contributed by atoms with van der Waals surface area (Å²) in [5.74, 6) is -0.481. The van der Waals surface area contributed by atoms with Crippen LogP contribution in [0.5, 0.6) is 5.75 Å². The second kappa shape index (κ2) is 9.36. The molecule has 1 atom stereocenters. The maximum atomic E-state index is 13.0. The van der Waals surface area contributed by atoms with Crippen molar-refractivity contribution >= 4 is 40.1 Å². The predicted molar refractivity (Wildman–Crippen MR) is 122 cm³/mol. The number of ether oxygens (including phenoxy) is 1. The fourth-order valence-electron chi connectivity index (χ4n) is 3.80. The van der Waals surface area contributed by atoms with Crippen LogP contribution in [0.2, 0.25) is 5.15 Å². The fraction of sp³-hybridized carbons (Fsp3) is 0.250. The van der Waals surface area contributed by atoms with Gasteiger partial charge in [-0.05, 0) is 36.2 Å². The molecule has 0 saturated heterocycles. The summed E-state index contributed by atoms with van der Waals surface area (Å²) in [7, 11) is 1.60. The topological polar surface area (TPSA) is 92.1 Å². The zero-order chi connectivity index (χ0) is 22.7. The lowest BCUT2D eigenvalue weighted by Gasteiger charge is -2.23. The van der Waals surface area contributed by atoms with Gasteiger partial charge in [-0.1, -0.05) is 41.9 Å². The number of carbonyl (C=O) groups is 2. The molecule has 7 nitrogen and oxygen atoms in total. The molecule has 8 heteroatoms. The van der Waals surface area contributed by atoms with Crippen molar-refractivity contribution in [2.45, 2.75) is 31.7 Å². The highest BCUT2D eigenvalue weighted by molar-refractivity contribution is 6.30. The normalized spacial score (nSPS) is 15.6. The number of pyridine rings is 1. The van der Waals surface area contributed by atoms with E-state index in [1.54, 1.807) is 7.11 Å².